The van der Waals surface area contributed by atoms with Crippen molar-refractivity contribution in [3.63, 3.8) is 0 Å². The van der Waals surface area contributed by atoms with Crippen molar-refractivity contribution in [3.8, 4) is 6.07 Å². The number of nitrogens with two attached hydrogens (primary N) is 1. The lowest BCUT2D eigenvalue weighted by atomic mass is 10.1. The van der Waals surface area contributed by atoms with Gasteiger partial charge in [-0.1, -0.05) is 30.0 Å². The average Bonchev–Trinajstić information content (AvgIpc) is 2.47. The lowest BCUT2D eigenvalue weighted by Crippen LogP contribution is -2.06. The van der Waals surface area contributed by atoms with Crippen LogP contribution in [0.2, 0.25) is 0 Å². The van der Waals surface area contributed by atoms with E-state index in [-0.39, 0.29) is 17.2 Å². The van der Waals surface area contributed by atoms with E-state index >= 15 is 0 Å². The van der Waals surface area contributed by atoms with Crippen LogP contribution in [0.4, 0.5) is 10.2 Å². The Balaban J connectivity index is 2.35. The summed E-state index contributed by atoms with van der Waals surface area (Å²) in [7, 11) is 0. The Morgan fingerprint density at radius 1 is 1.33 bits per heavy atom. The Morgan fingerprint density at radius 3 is 2.67 bits per heavy atom. The average molecular weight is 300 g/mol. The molecule has 0 radical (unpaired) electrons. The predicted octanol–water partition coefficient (Wildman–Crippen LogP) is 2.94. The van der Waals surface area contributed by atoms with E-state index in [0.717, 1.165) is 5.56 Å². The van der Waals surface area contributed by atoms with Crippen LogP contribution in [0.1, 0.15) is 16.8 Å². The molecule has 0 aliphatic rings. The van der Waals surface area contributed by atoms with Crippen LogP contribution in [-0.2, 0) is 6.42 Å². The molecular formula is C15H13FN4S. The van der Waals surface area contributed by atoms with E-state index in [0.29, 0.717) is 23.0 Å². The fraction of sp³-hybridized carbons (Fsp3) is 0.133. The molecule has 0 fully saturated rings. The Morgan fingerprint density at radius 2 is 2.05 bits per heavy atom. The Kier molecular flexibility index (Phi) is 4.90. The van der Waals surface area contributed by atoms with E-state index in [4.69, 9.17) is 5.73 Å². The number of aromatic nitrogens is 2. The molecule has 1 aromatic heterocycles. The summed E-state index contributed by atoms with van der Waals surface area (Å²) in [6.07, 6.45) is 2.14. The number of halogens is 1. The third-order valence-corrected chi connectivity index (χ3v) is 3.56. The van der Waals surface area contributed by atoms with Crippen molar-refractivity contribution in [2.75, 3.05) is 11.5 Å². The molecule has 6 heteroatoms. The molecule has 2 N–H and O–H groups in total. The highest BCUT2D eigenvalue weighted by Gasteiger charge is 2.13. The summed E-state index contributed by atoms with van der Waals surface area (Å²) in [5.74, 6) is 0.515. The molecule has 0 unspecified atom stereocenters. The van der Waals surface area contributed by atoms with E-state index < -0.39 is 0 Å². The normalized spacial score (nSPS) is 10.1. The molecule has 0 saturated carbocycles. The van der Waals surface area contributed by atoms with Gasteiger partial charge in [0.05, 0.1) is 5.69 Å². The minimum atomic E-state index is -0.302. The molecular weight excluding hydrogens is 287 g/mol. The Labute approximate surface area is 126 Å². The molecule has 0 saturated heterocycles. The van der Waals surface area contributed by atoms with Crippen LogP contribution in [0.3, 0.4) is 0 Å². The van der Waals surface area contributed by atoms with Crippen molar-refractivity contribution in [2.24, 2.45) is 0 Å². The number of nitriles is 1. The van der Waals surface area contributed by atoms with Gasteiger partial charge in [-0.2, -0.15) is 5.26 Å². The first-order valence-corrected chi connectivity index (χ1v) is 7.17. The number of anilines is 1. The van der Waals surface area contributed by atoms with Crippen LogP contribution in [-0.4, -0.2) is 15.7 Å². The van der Waals surface area contributed by atoms with Gasteiger partial charge in [-0.25, -0.2) is 14.4 Å². The molecule has 0 bridgehead atoms. The van der Waals surface area contributed by atoms with Gasteiger partial charge in [0.2, 0.25) is 0 Å². The summed E-state index contributed by atoms with van der Waals surface area (Å²) in [5, 5.41) is 9.70. The van der Waals surface area contributed by atoms with Crippen molar-refractivity contribution in [2.45, 2.75) is 11.6 Å². The molecule has 4 nitrogen and oxygen atoms in total. The maximum absolute atomic E-state index is 12.9. The van der Waals surface area contributed by atoms with Crippen LogP contribution >= 0.6 is 11.8 Å². The Hall–Kier alpha value is -2.39. The fourth-order valence-corrected chi connectivity index (χ4v) is 2.35. The number of hydrogen-bond acceptors (Lipinski definition) is 5. The number of nitrogens with zero attached hydrogens (tertiary/aromatic N) is 3. The lowest BCUT2D eigenvalue weighted by molar-refractivity contribution is 0.627. The molecule has 0 aliphatic carbocycles. The topological polar surface area (TPSA) is 75.6 Å². The standard InChI is InChI=1S/C15H13FN4S/c1-2-7-21-15-19-13(12(9-17)14(18)20-15)8-10-3-5-11(16)6-4-10/h2-6H,1,7-8H2,(H2,18,19,20). The van der Waals surface area contributed by atoms with Gasteiger partial charge in [0.25, 0.3) is 0 Å². The monoisotopic (exact) mass is 300 g/mol. The number of thioether (sulfide) groups is 1. The van der Waals surface area contributed by atoms with E-state index in [1.54, 1.807) is 18.2 Å². The highest BCUT2D eigenvalue weighted by Crippen LogP contribution is 2.21. The van der Waals surface area contributed by atoms with Crippen LogP contribution < -0.4 is 5.73 Å². The third-order valence-electron chi connectivity index (χ3n) is 2.72. The van der Waals surface area contributed by atoms with Gasteiger partial charge in [-0.3, -0.25) is 0 Å². The Bertz CT molecular complexity index is 692. The highest BCUT2D eigenvalue weighted by atomic mass is 32.2. The molecule has 21 heavy (non-hydrogen) atoms. The van der Waals surface area contributed by atoms with Gasteiger partial charge in [0.1, 0.15) is 23.3 Å². The first kappa shape index (κ1) is 15.0. The molecule has 0 atom stereocenters. The SMILES string of the molecule is C=CCSc1nc(N)c(C#N)c(Cc2ccc(F)cc2)n1. The number of hydrogen-bond donors (Lipinski definition) is 1. The summed E-state index contributed by atoms with van der Waals surface area (Å²) in [5.41, 5.74) is 7.47. The van der Waals surface area contributed by atoms with Gasteiger partial charge < -0.3 is 5.73 Å². The smallest absolute Gasteiger partial charge is 0.190 e. The van der Waals surface area contributed by atoms with Crippen molar-refractivity contribution in [1.29, 1.82) is 5.26 Å². The van der Waals surface area contributed by atoms with E-state index in [1.807, 2.05) is 6.07 Å². The molecule has 0 amide bonds. The van der Waals surface area contributed by atoms with Gasteiger partial charge in [-0.05, 0) is 17.7 Å². The lowest BCUT2D eigenvalue weighted by Gasteiger charge is -2.08. The zero-order valence-corrected chi connectivity index (χ0v) is 12.0. The first-order chi connectivity index (χ1) is 10.1. The molecule has 2 aromatic rings. The quantitative estimate of drug-likeness (QED) is 0.522. The van der Waals surface area contributed by atoms with Crippen molar-refractivity contribution in [3.05, 3.63) is 59.6 Å². The minimum absolute atomic E-state index is 0.163. The maximum atomic E-state index is 12.9. The summed E-state index contributed by atoms with van der Waals surface area (Å²) in [6, 6.07) is 8.09. The maximum Gasteiger partial charge on any atom is 0.190 e. The van der Waals surface area contributed by atoms with Crippen LogP contribution in [0.25, 0.3) is 0 Å². The molecule has 1 heterocycles. The van der Waals surface area contributed by atoms with E-state index in [2.05, 4.69) is 16.5 Å². The summed E-state index contributed by atoms with van der Waals surface area (Å²) in [4.78, 5) is 8.46. The van der Waals surface area contributed by atoms with Gasteiger partial charge >= 0.3 is 0 Å². The largest absolute Gasteiger partial charge is 0.382 e. The number of nitrogen functional groups attached to an aromatic ring is 1. The number of benzene rings is 1. The van der Waals surface area contributed by atoms with Crippen molar-refractivity contribution < 1.29 is 4.39 Å². The summed E-state index contributed by atoms with van der Waals surface area (Å²) >= 11 is 1.39. The van der Waals surface area contributed by atoms with Crippen molar-refractivity contribution >= 4 is 17.6 Å². The second-order valence-corrected chi connectivity index (χ2v) is 5.21. The third kappa shape index (κ3) is 3.80. The molecule has 2 rings (SSSR count). The zero-order chi connectivity index (χ0) is 15.2. The first-order valence-electron chi connectivity index (χ1n) is 6.18. The van der Waals surface area contributed by atoms with Crippen LogP contribution in [0, 0.1) is 17.1 Å². The molecule has 1 aromatic carbocycles. The van der Waals surface area contributed by atoms with Crippen LogP contribution in [0.5, 0.6) is 0 Å². The predicted molar refractivity (Wildman–Crippen MR) is 81.3 cm³/mol. The second kappa shape index (κ2) is 6.86. The van der Waals surface area contributed by atoms with E-state index in [9.17, 15) is 9.65 Å². The summed E-state index contributed by atoms with van der Waals surface area (Å²) < 4.78 is 12.9. The molecule has 0 spiro atoms. The summed E-state index contributed by atoms with van der Waals surface area (Å²) in [6.45, 7) is 3.63. The van der Waals surface area contributed by atoms with Gasteiger partial charge in [0, 0.05) is 12.2 Å². The fourth-order valence-electron chi connectivity index (χ4n) is 1.75. The van der Waals surface area contributed by atoms with Gasteiger partial charge in [-0.15, -0.1) is 6.58 Å². The zero-order valence-electron chi connectivity index (χ0n) is 11.2. The molecule has 106 valence electrons. The highest BCUT2D eigenvalue weighted by molar-refractivity contribution is 7.99. The van der Waals surface area contributed by atoms with E-state index in [1.165, 1.54) is 23.9 Å². The second-order valence-electron chi connectivity index (χ2n) is 4.23. The van der Waals surface area contributed by atoms with Crippen molar-refractivity contribution in [1.82, 2.24) is 9.97 Å². The van der Waals surface area contributed by atoms with Crippen LogP contribution in [0.15, 0.2) is 42.1 Å². The molecule has 0 aliphatic heterocycles. The number of rotatable bonds is 5. The van der Waals surface area contributed by atoms with Gasteiger partial charge in [0.15, 0.2) is 5.16 Å². The minimum Gasteiger partial charge on any atom is -0.382 e.